The van der Waals surface area contributed by atoms with E-state index in [1.807, 2.05) is 60.4 Å². The van der Waals surface area contributed by atoms with Crippen LogP contribution in [-0.2, 0) is 16.0 Å². The topological polar surface area (TPSA) is 85.1 Å². The lowest BCUT2D eigenvalue weighted by molar-refractivity contribution is -0.140. The lowest BCUT2D eigenvalue weighted by Gasteiger charge is -2.47. The van der Waals surface area contributed by atoms with Gasteiger partial charge in [0.1, 0.15) is 6.04 Å². The van der Waals surface area contributed by atoms with Crippen molar-refractivity contribution < 1.29 is 9.59 Å². The van der Waals surface area contributed by atoms with Crippen molar-refractivity contribution in [2.24, 2.45) is 11.7 Å². The van der Waals surface area contributed by atoms with Crippen LogP contribution in [0.3, 0.4) is 0 Å². The molecule has 2 aromatic rings. The zero-order valence-corrected chi connectivity index (χ0v) is 26.5. The Morgan fingerprint density at radius 3 is 2.31 bits per heavy atom. The van der Waals surface area contributed by atoms with Crippen molar-refractivity contribution in [2.75, 3.05) is 52.9 Å². The van der Waals surface area contributed by atoms with E-state index in [0.29, 0.717) is 36.5 Å². The van der Waals surface area contributed by atoms with Gasteiger partial charge in [0.2, 0.25) is 11.8 Å². The minimum absolute atomic E-state index is 0.0316. The maximum absolute atomic E-state index is 13.9. The molecule has 2 aliphatic heterocycles. The number of nitrogens with zero attached hydrogens (tertiary/aromatic N) is 4. The highest BCUT2D eigenvalue weighted by atomic mass is 35.5. The quantitative estimate of drug-likeness (QED) is 0.410. The van der Waals surface area contributed by atoms with Gasteiger partial charge in [-0.25, -0.2) is 10.0 Å². The van der Waals surface area contributed by atoms with Gasteiger partial charge in [-0.05, 0) is 56.0 Å². The van der Waals surface area contributed by atoms with Crippen molar-refractivity contribution in [3.05, 3.63) is 70.2 Å². The molecule has 2 fully saturated rings. The fourth-order valence-electron chi connectivity index (χ4n) is 6.05. The Morgan fingerprint density at radius 2 is 1.69 bits per heavy atom. The van der Waals surface area contributed by atoms with Crippen molar-refractivity contribution in [1.82, 2.24) is 25.1 Å². The van der Waals surface area contributed by atoms with Crippen molar-refractivity contribution in [3.8, 4) is 0 Å². The van der Waals surface area contributed by atoms with E-state index in [0.717, 1.165) is 62.3 Å². The average molecular weight is 597 g/mol. The third-order valence-corrected chi connectivity index (χ3v) is 8.71. The number of hydrogen-bond acceptors (Lipinski definition) is 6. The summed E-state index contributed by atoms with van der Waals surface area (Å²) in [5.74, 6) is 0.315. The monoisotopic (exact) mass is 596 g/mol. The smallest absolute Gasteiger partial charge is 0.245 e. The maximum Gasteiger partial charge on any atom is 0.245 e. The van der Waals surface area contributed by atoms with Gasteiger partial charge in [0.25, 0.3) is 0 Å². The van der Waals surface area contributed by atoms with Gasteiger partial charge >= 0.3 is 0 Å². The number of nitrogens with two attached hydrogens (primary N) is 1. The van der Waals surface area contributed by atoms with E-state index in [4.69, 9.17) is 17.3 Å². The van der Waals surface area contributed by atoms with Crippen LogP contribution in [0.15, 0.2) is 48.5 Å². The molecule has 2 heterocycles. The van der Waals surface area contributed by atoms with E-state index in [1.165, 1.54) is 0 Å². The molecule has 2 aromatic carbocycles. The Hall–Kier alpha value is -2.49. The molecule has 2 aliphatic rings. The number of piperazine rings is 1. The summed E-state index contributed by atoms with van der Waals surface area (Å²) in [7, 11) is 2.18. The van der Waals surface area contributed by atoms with Crippen LogP contribution in [0.4, 0.5) is 0 Å². The molecular formula is C33H49ClN6O2. The lowest BCUT2D eigenvalue weighted by atomic mass is 9.99. The molecule has 0 saturated carbocycles. The fourth-order valence-corrected chi connectivity index (χ4v) is 6.18. The highest BCUT2D eigenvalue weighted by Gasteiger charge is 2.34. The molecule has 0 radical (unpaired) electrons. The zero-order chi connectivity index (χ0) is 30.2. The first-order valence-corrected chi connectivity index (χ1v) is 15.8. The number of likely N-dealkylation sites (tertiary alicyclic amines) is 1. The van der Waals surface area contributed by atoms with Crippen LogP contribution in [0, 0.1) is 12.8 Å². The summed E-state index contributed by atoms with van der Waals surface area (Å²) in [6.07, 6.45) is 2.36. The first-order chi connectivity index (χ1) is 20.1. The summed E-state index contributed by atoms with van der Waals surface area (Å²) in [5, 5.41) is 8.80. The summed E-state index contributed by atoms with van der Waals surface area (Å²) in [6.45, 7) is 13.2. The Morgan fingerprint density at radius 1 is 1.02 bits per heavy atom. The summed E-state index contributed by atoms with van der Waals surface area (Å²) < 4.78 is 0. The van der Waals surface area contributed by atoms with E-state index < -0.39 is 12.1 Å². The second-order valence-electron chi connectivity index (χ2n) is 12.5. The predicted molar refractivity (Wildman–Crippen MR) is 170 cm³/mol. The first-order valence-electron chi connectivity index (χ1n) is 15.4. The molecule has 0 bridgehead atoms. The Balaban J connectivity index is 1.41. The van der Waals surface area contributed by atoms with Crippen LogP contribution in [0.1, 0.15) is 55.8 Å². The van der Waals surface area contributed by atoms with Gasteiger partial charge < -0.3 is 20.9 Å². The SMILES string of the molecule is Cc1cccc(C(N)CC(=O)N[C@H](Cc2ccc(Cl)cc2)C(=O)N2CCC(N(CC(C)C)N3CCN(C)CC3)CC2)c1. The highest BCUT2D eigenvalue weighted by molar-refractivity contribution is 6.30. The molecule has 230 valence electrons. The van der Waals surface area contributed by atoms with Gasteiger partial charge in [0, 0.05) is 75.8 Å². The minimum atomic E-state index is -0.663. The number of hydrogen-bond donors (Lipinski definition) is 2. The fraction of sp³-hybridized carbons (Fsp3) is 0.576. The number of carbonyl (C=O) groups excluding carboxylic acids is 2. The molecule has 1 unspecified atom stereocenters. The van der Waals surface area contributed by atoms with Crippen LogP contribution in [0.25, 0.3) is 0 Å². The number of rotatable bonds is 11. The zero-order valence-electron chi connectivity index (χ0n) is 25.8. The van der Waals surface area contributed by atoms with Gasteiger partial charge in [0.05, 0.1) is 0 Å². The standard InChI is InChI=1S/C33H49ClN6O2/c1-24(2)23-40(39-18-16-37(4)17-19-39)29-12-14-38(15-13-29)33(42)31(21-26-8-10-28(34)11-9-26)36-32(41)22-30(35)27-7-5-6-25(3)20-27/h5-11,20,24,29-31H,12-19,21-23,35H2,1-4H3,(H,36,41)/t30?,31-/m1/s1. The number of benzene rings is 2. The second-order valence-corrected chi connectivity index (χ2v) is 12.9. The van der Waals surface area contributed by atoms with Crippen LogP contribution in [-0.4, -0.2) is 96.6 Å². The van der Waals surface area contributed by atoms with Crippen LogP contribution in [0.5, 0.6) is 0 Å². The number of aryl methyl sites for hydroxylation is 1. The van der Waals surface area contributed by atoms with Crippen molar-refractivity contribution >= 4 is 23.4 Å². The van der Waals surface area contributed by atoms with E-state index in [1.54, 1.807) is 0 Å². The molecule has 2 atom stereocenters. The maximum atomic E-state index is 13.9. The molecule has 3 N–H and O–H groups in total. The van der Waals surface area contributed by atoms with Crippen molar-refractivity contribution in [3.63, 3.8) is 0 Å². The number of likely N-dealkylation sites (N-methyl/N-ethyl adjacent to an activating group) is 1. The third-order valence-electron chi connectivity index (χ3n) is 8.45. The van der Waals surface area contributed by atoms with Gasteiger partial charge in [-0.15, -0.1) is 0 Å². The third kappa shape index (κ3) is 9.25. The Bertz CT molecular complexity index is 1160. The highest BCUT2D eigenvalue weighted by Crippen LogP contribution is 2.23. The Labute approximate surface area is 257 Å². The van der Waals surface area contributed by atoms with Crippen molar-refractivity contribution in [2.45, 2.75) is 64.6 Å². The molecule has 4 rings (SSSR count). The normalized spacial score (nSPS) is 18.8. The Kier molecular flexibility index (Phi) is 11.8. The van der Waals surface area contributed by atoms with E-state index in [-0.39, 0.29) is 18.2 Å². The number of amides is 2. The van der Waals surface area contributed by atoms with Gasteiger partial charge in [-0.2, -0.15) is 0 Å². The molecule has 8 nitrogen and oxygen atoms in total. The molecule has 0 aliphatic carbocycles. The molecule has 2 amide bonds. The van der Waals surface area contributed by atoms with Crippen LogP contribution < -0.4 is 11.1 Å². The summed E-state index contributed by atoms with van der Waals surface area (Å²) in [4.78, 5) is 31.4. The van der Waals surface area contributed by atoms with E-state index in [9.17, 15) is 9.59 Å². The molecule has 0 aromatic heterocycles. The predicted octanol–water partition coefficient (Wildman–Crippen LogP) is 3.88. The van der Waals surface area contributed by atoms with Gasteiger partial charge in [0.15, 0.2) is 0 Å². The molecular weight excluding hydrogens is 548 g/mol. The number of piperidine rings is 1. The largest absolute Gasteiger partial charge is 0.344 e. The van der Waals surface area contributed by atoms with Crippen LogP contribution >= 0.6 is 11.6 Å². The lowest BCUT2D eigenvalue weighted by Crippen LogP contribution is -2.60. The molecule has 2 saturated heterocycles. The molecule has 0 spiro atoms. The number of hydrazine groups is 1. The molecule has 9 heteroatoms. The van der Waals surface area contributed by atoms with E-state index in [2.05, 4.69) is 41.1 Å². The summed E-state index contributed by atoms with van der Waals surface area (Å²) in [5.41, 5.74) is 9.36. The van der Waals surface area contributed by atoms with Gasteiger partial charge in [-0.3, -0.25) is 9.59 Å². The minimum Gasteiger partial charge on any atom is -0.344 e. The number of nitrogens with one attached hydrogen (secondary N) is 1. The summed E-state index contributed by atoms with van der Waals surface area (Å²) >= 11 is 6.11. The van der Waals surface area contributed by atoms with Crippen molar-refractivity contribution in [1.29, 1.82) is 0 Å². The summed E-state index contributed by atoms with van der Waals surface area (Å²) in [6, 6.07) is 14.7. The average Bonchev–Trinajstić information content (AvgIpc) is 2.97. The first kappa shape index (κ1) is 32.4. The van der Waals surface area contributed by atoms with E-state index >= 15 is 0 Å². The number of carbonyl (C=O) groups is 2. The van der Waals surface area contributed by atoms with Gasteiger partial charge in [-0.1, -0.05) is 67.4 Å². The second kappa shape index (κ2) is 15.3. The molecule has 42 heavy (non-hydrogen) atoms. The van der Waals surface area contributed by atoms with Crippen LogP contribution in [0.2, 0.25) is 5.02 Å². The number of halogens is 1.